The molecule has 0 saturated carbocycles. The summed E-state index contributed by atoms with van der Waals surface area (Å²) in [5.74, 6) is 0. The van der Waals surface area contributed by atoms with Crippen molar-refractivity contribution in [3.8, 4) is 0 Å². The maximum absolute atomic E-state index is 5.49. The van der Waals surface area contributed by atoms with E-state index in [1.165, 1.54) is 0 Å². The first kappa shape index (κ1) is 6.63. The van der Waals surface area contributed by atoms with Gasteiger partial charge in [-0.25, -0.2) is 0 Å². The standard InChI is InChI=1S/C5H12N2/c1-4-5(2,6)7-3/h3-4,6H2,1-2H3. The summed E-state index contributed by atoms with van der Waals surface area (Å²) < 4.78 is 0. The number of aliphatic imine (C=N–C) groups is 1. The SMILES string of the molecule is C=NC(C)(N)CC. The highest BCUT2D eigenvalue weighted by Gasteiger charge is 2.08. The fraction of sp³-hybridized carbons (Fsp3) is 0.800. The smallest absolute Gasteiger partial charge is 0.104 e. The molecule has 7 heavy (non-hydrogen) atoms. The van der Waals surface area contributed by atoms with E-state index in [2.05, 4.69) is 11.7 Å². The minimum atomic E-state index is -0.403. The van der Waals surface area contributed by atoms with Gasteiger partial charge in [-0.15, -0.1) is 0 Å². The molecule has 0 radical (unpaired) electrons. The number of rotatable bonds is 2. The second-order valence-corrected chi connectivity index (χ2v) is 1.87. The Kier molecular flexibility index (Phi) is 1.96. The van der Waals surface area contributed by atoms with Crippen molar-refractivity contribution in [3.63, 3.8) is 0 Å². The molecule has 0 fully saturated rings. The summed E-state index contributed by atoms with van der Waals surface area (Å²) in [7, 11) is 0. The lowest BCUT2D eigenvalue weighted by atomic mass is 10.2. The van der Waals surface area contributed by atoms with E-state index >= 15 is 0 Å². The van der Waals surface area contributed by atoms with E-state index in [-0.39, 0.29) is 0 Å². The molecule has 0 heterocycles. The number of nitrogens with zero attached hydrogens (tertiary/aromatic N) is 1. The summed E-state index contributed by atoms with van der Waals surface area (Å²) in [6.45, 7) is 7.16. The van der Waals surface area contributed by atoms with Crippen LogP contribution in [0.2, 0.25) is 0 Å². The molecule has 0 aromatic carbocycles. The molecule has 1 unspecified atom stereocenters. The molecule has 0 amide bonds. The minimum Gasteiger partial charge on any atom is -0.307 e. The molecule has 2 nitrogen and oxygen atoms in total. The summed E-state index contributed by atoms with van der Waals surface area (Å²) in [6, 6.07) is 0. The third-order valence-corrected chi connectivity index (χ3v) is 1.08. The fourth-order valence-corrected chi connectivity index (χ4v) is 0.112. The maximum atomic E-state index is 5.49. The quantitative estimate of drug-likeness (QED) is 0.511. The highest BCUT2D eigenvalue weighted by Crippen LogP contribution is 2.02. The van der Waals surface area contributed by atoms with Crippen molar-refractivity contribution in [1.82, 2.24) is 0 Å². The van der Waals surface area contributed by atoms with Crippen LogP contribution in [0.15, 0.2) is 4.99 Å². The molecule has 2 heteroatoms. The first-order valence-electron chi connectivity index (χ1n) is 2.39. The summed E-state index contributed by atoms with van der Waals surface area (Å²) in [4.78, 5) is 3.67. The molecule has 2 N–H and O–H groups in total. The van der Waals surface area contributed by atoms with E-state index in [1.54, 1.807) is 0 Å². The van der Waals surface area contributed by atoms with Crippen molar-refractivity contribution < 1.29 is 0 Å². The number of nitrogens with two attached hydrogens (primary N) is 1. The zero-order valence-electron chi connectivity index (χ0n) is 4.94. The van der Waals surface area contributed by atoms with Gasteiger partial charge >= 0.3 is 0 Å². The Bertz CT molecular complexity index is 66.5. The van der Waals surface area contributed by atoms with Crippen LogP contribution in [0.3, 0.4) is 0 Å². The molecule has 0 aromatic heterocycles. The van der Waals surface area contributed by atoms with Crippen molar-refractivity contribution in [2.24, 2.45) is 10.7 Å². The molecule has 0 aromatic rings. The van der Waals surface area contributed by atoms with Crippen LogP contribution in [0.4, 0.5) is 0 Å². The molecule has 0 spiro atoms. The van der Waals surface area contributed by atoms with Crippen LogP contribution < -0.4 is 5.73 Å². The number of hydrogen-bond donors (Lipinski definition) is 1. The lowest BCUT2D eigenvalue weighted by Gasteiger charge is -2.14. The van der Waals surface area contributed by atoms with Crippen LogP contribution in [-0.4, -0.2) is 12.4 Å². The van der Waals surface area contributed by atoms with E-state index in [0.29, 0.717) is 0 Å². The average molecular weight is 100 g/mol. The topological polar surface area (TPSA) is 38.4 Å². The van der Waals surface area contributed by atoms with Gasteiger partial charge in [0.25, 0.3) is 0 Å². The molecule has 42 valence electrons. The summed E-state index contributed by atoms with van der Waals surface area (Å²) >= 11 is 0. The highest BCUT2D eigenvalue weighted by atomic mass is 15.0. The van der Waals surface area contributed by atoms with E-state index in [4.69, 9.17) is 5.73 Å². The first-order valence-corrected chi connectivity index (χ1v) is 2.39. The lowest BCUT2D eigenvalue weighted by molar-refractivity contribution is 0.480. The lowest BCUT2D eigenvalue weighted by Crippen LogP contribution is -2.31. The first-order chi connectivity index (χ1) is 3.12. The molecular weight excluding hydrogens is 88.1 g/mol. The molecular formula is C5H12N2. The van der Waals surface area contributed by atoms with E-state index < -0.39 is 5.66 Å². The molecule has 0 aliphatic rings. The average Bonchev–Trinajstić information content (AvgIpc) is 1.68. The molecule has 0 aliphatic heterocycles. The Morgan fingerprint density at radius 3 is 2.29 bits per heavy atom. The van der Waals surface area contributed by atoms with Gasteiger partial charge in [0.15, 0.2) is 0 Å². The van der Waals surface area contributed by atoms with Crippen LogP contribution in [0.5, 0.6) is 0 Å². The van der Waals surface area contributed by atoms with Crippen molar-refractivity contribution >= 4 is 6.72 Å². The maximum Gasteiger partial charge on any atom is 0.104 e. The second kappa shape index (κ2) is 2.07. The van der Waals surface area contributed by atoms with Crippen molar-refractivity contribution in [3.05, 3.63) is 0 Å². The Morgan fingerprint density at radius 1 is 1.86 bits per heavy atom. The number of hydrogen-bond acceptors (Lipinski definition) is 2. The van der Waals surface area contributed by atoms with Gasteiger partial charge in [0.2, 0.25) is 0 Å². The van der Waals surface area contributed by atoms with Crippen LogP contribution in [0.1, 0.15) is 20.3 Å². The Labute approximate surface area is 44.4 Å². The van der Waals surface area contributed by atoms with Gasteiger partial charge < -0.3 is 5.73 Å². The van der Waals surface area contributed by atoms with Crippen LogP contribution in [0, 0.1) is 0 Å². The Balaban J connectivity index is 3.58. The summed E-state index contributed by atoms with van der Waals surface area (Å²) in [6.07, 6.45) is 0.844. The van der Waals surface area contributed by atoms with E-state index in [0.717, 1.165) is 6.42 Å². The van der Waals surface area contributed by atoms with E-state index in [1.807, 2.05) is 13.8 Å². The minimum absolute atomic E-state index is 0.403. The van der Waals surface area contributed by atoms with Gasteiger partial charge in [0, 0.05) is 0 Å². The van der Waals surface area contributed by atoms with Gasteiger partial charge in [-0.05, 0) is 20.1 Å². The zero-order chi connectivity index (χ0) is 5.91. The predicted molar refractivity (Wildman–Crippen MR) is 32.4 cm³/mol. The second-order valence-electron chi connectivity index (χ2n) is 1.87. The molecule has 0 bridgehead atoms. The largest absolute Gasteiger partial charge is 0.307 e. The van der Waals surface area contributed by atoms with Crippen molar-refractivity contribution in [2.75, 3.05) is 0 Å². The van der Waals surface area contributed by atoms with Crippen LogP contribution >= 0.6 is 0 Å². The summed E-state index contributed by atoms with van der Waals surface area (Å²) in [5, 5.41) is 0. The van der Waals surface area contributed by atoms with Gasteiger partial charge in [-0.1, -0.05) is 6.92 Å². The zero-order valence-corrected chi connectivity index (χ0v) is 4.94. The van der Waals surface area contributed by atoms with Gasteiger partial charge in [0.05, 0.1) is 0 Å². The molecule has 0 aliphatic carbocycles. The van der Waals surface area contributed by atoms with Crippen molar-refractivity contribution in [2.45, 2.75) is 25.9 Å². The predicted octanol–water partition coefficient (Wildman–Crippen LogP) is 0.772. The van der Waals surface area contributed by atoms with Crippen molar-refractivity contribution in [1.29, 1.82) is 0 Å². The molecule has 1 atom stereocenters. The third kappa shape index (κ3) is 2.34. The monoisotopic (exact) mass is 100 g/mol. The van der Waals surface area contributed by atoms with Gasteiger partial charge in [0.1, 0.15) is 5.66 Å². The highest BCUT2D eigenvalue weighted by molar-refractivity contribution is 5.25. The van der Waals surface area contributed by atoms with Gasteiger partial charge in [-0.3, -0.25) is 4.99 Å². The fourth-order valence-electron chi connectivity index (χ4n) is 0.112. The third-order valence-electron chi connectivity index (χ3n) is 1.08. The molecule has 0 rings (SSSR count). The Hall–Kier alpha value is -0.370. The van der Waals surface area contributed by atoms with Crippen LogP contribution in [0.25, 0.3) is 0 Å². The molecule has 0 saturated heterocycles. The summed E-state index contributed by atoms with van der Waals surface area (Å²) in [5.41, 5.74) is 5.08. The van der Waals surface area contributed by atoms with Gasteiger partial charge in [-0.2, -0.15) is 0 Å². The Morgan fingerprint density at radius 2 is 2.29 bits per heavy atom. The van der Waals surface area contributed by atoms with E-state index in [9.17, 15) is 0 Å². The van der Waals surface area contributed by atoms with Crippen LogP contribution in [-0.2, 0) is 0 Å². The normalized spacial score (nSPS) is 18.1.